The third-order valence-electron chi connectivity index (χ3n) is 2.53. The molecule has 0 spiro atoms. The lowest BCUT2D eigenvalue weighted by atomic mass is 10.1. The van der Waals surface area contributed by atoms with Crippen molar-refractivity contribution in [1.82, 2.24) is 4.90 Å². The van der Waals surface area contributed by atoms with Gasteiger partial charge in [0.25, 0.3) is 0 Å². The summed E-state index contributed by atoms with van der Waals surface area (Å²) in [5.41, 5.74) is 1.53. The fourth-order valence-corrected chi connectivity index (χ4v) is 1.66. The van der Waals surface area contributed by atoms with Crippen LogP contribution in [0.2, 0.25) is 0 Å². The van der Waals surface area contributed by atoms with Crippen LogP contribution in [0.15, 0.2) is 24.3 Å². The summed E-state index contributed by atoms with van der Waals surface area (Å²) in [6.07, 6.45) is 0. The zero-order chi connectivity index (χ0) is 14.3. The second kappa shape index (κ2) is 7.53. The first-order valence-electron chi connectivity index (χ1n) is 6.08. The van der Waals surface area contributed by atoms with Gasteiger partial charge in [-0.1, -0.05) is 12.1 Å². The third kappa shape index (κ3) is 5.09. The molecule has 0 aliphatic carbocycles. The molecular formula is C14H19NO4. The molecule has 1 rings (SSSR count). The second-order valence-electron chi connectivity index (χ2n) is 4.17. The largest absolute Gasteiger partial charge is 0.465 e. The molecule has 0 fully saturated rings. The van der Waals surface area contributed by atoms with Crippen LogP contribution in [0.4, 0.5) is 0 Å². The van der Waals surface area contributed by atoms with Gasteiger partial charge in [0, 0.05) is 6.54 Å². The van der Waals surface area contributed by atoms with Crippen LogP contribution >= 0.6 is 0 Å². The van der Waals surface area contributed by atoms with E-state index in [2.05, 4.69) is 4.74 Å². The predicted octanol–water partition coefficient (Wildman–Crippen LogP) is 1.47. The van der Waals surface area contributed by atoms with Gasteiger partial charge in [-0.3, -0.25) is 9.69 Å². The van der Waals surface area contributed by atoms with E-state index in [9.17, 15) is 9.59 Å². The molecule has 0 aliphatic rings. The number of esters is 2. The maximum Gasteiger partial charge on any atom is 0.337 e. The van der Waals surface area contributed by atoms with E-state index in [0.717, 1.165) is 5.56 Å². The number of ether oxygens (including phenoxy) is 2. The number of hydrogen-bond acceptors (Lipinski definition) is 5. The van der Waals surface area contributed by atoms with Gasteiger partial charge in [-0.25, -0.2) is 4.79 Å². The van der Waals surface area contributed by atoms with Gasteiger partial charge in [-0.15, -0.1) is 0 Å². The predicted molar refractivity (Wildman–Crippen MR) is 70.7 cm³/mol. The minimum absolute atomic E-state index is 0.240. The lowest BCUT2D eigenvalue weighted by molar-refractivity contribution is -0.144. The van der Waals surface area contributed by atoms with E-state index in [4.69, 9.17) is 4.74 Å². The molecule has 0 amide bonds. The average molecular weight is 265 g/mol. The number of hydrogen-bond donors (Lipinski definition) is 0. The van der Waals surface area contributed by atoms with Crippen molar-refractivity contribution in [1.29, 1.82) is 0 Å². The van der Waals surface area contributed by atoms with Crippen molar-refractivity contribution >= 4 is 11.9 Å². The lowest BCUT2D eigenvalue weighted by Crippen LogP contribution is -2.27. The first kappa shape index (κ1) is 15.2. The molecule has 0 radical (unpaired) electrons. The molecule has 0 unspecified atom stereocenters. The van der Waals surface area contributed by atoms with Gasteiger partial charge >= 0.3 is 11.9 Å². The van der Waals surface area contributed by atoms with Gasteiger partial charge < -0.3 is 9.47 Å². The molecule has 19 heavy (non-hydrogen) atoms. The molecule has 1 aromatic rings. The summed E-state index contributed by atoms with van der Waals surface area (Å²) in [4.78, 5) is 24.4. The van der Waals surface area contributed by atoms with E-state index >= 15 is 0 Å². The molecule has 0 N–H and O–H groups in total. The summed E-state index contributed by atoms with van der Waals surface area (Å²) in [7, 11) is 3.19. The van der Waals surface area contributed by atoms with Crippen LogP contribution in [-0.4, -0.2) is 44.1 Å². The molecule has 0 saturated heterocycles. The molecule has 0 bridgehead atoms. The van der Waals surface area contributed by atoms with Crippen LogP contribution in [0, 0.1) is 0 Å². The fraction of sp³-hybridized carbons (Fsp3) is 0.429. The minimum atomic E-state index is -0.355. The van der Waals surface area contributed by atoms with Crippen molar-refractivity contribution < 1.29 is 19.1 Å². The molecule has 0 heterocycles. The Labute approximate surface area is 113 Å². The smallest absolute Gasteiger partial charge is 0.337 e. The SMILES string of the molecule is CCOC(=O)CN(C)Cc1ccc(C(=O)OC)cc1. The first-order valence-corrected chi connectivity index (χ1v) is 6.08. The highest BCUT2D eigenvalue weighted by Crippen LogP contribution is 2.07. The summed E-state index contributed by atoms with van der Waals surface area (Å²) >= 11 is 0. The summed E-state index contributed by atoms with van der Waals surface area (Å²) in [6, 6.07) is 7.10. The van der Waals surface area contributed by atoms with Gasteiger partial charge in [-0.2, -0.15) is 0 Å². The molecule has 0 atom stereocenters. The summed E-state index contributed by atoms with van der Waals surface area (Å²) in [5, 5.41) is 0. The summed E-state index contributed by atoms with van der Waals surface area (Å²) < 4.78 is 9.50. The van der Waals surface area contributed by atoms with Crippen molar-refractivity contribution in [3.63, 3.8) is 0 Å². The maximum absolute atomic E-state index is 11.3. The quantitative estimate of drug-likeness (QED) is 0.729. The topological polar surface area (TPSA) is 55.8 Å². The van der Waals surface area contributed by atoms with Gasteiger partial charge in [0.2, 0.25) is 0 Å². The van der Waals surface area contributed by atoms with Crippen molar-refractivity contribution in [3.05, 3.63) is 35.4 Å². The second-order valence-corrected chi connectivity index (χ2v) is 4.17. The number of carbonyl (C=O) groups is 2. The van der Waals surface area contributed by atoms with E-state index in [1.165, 1.54) is 7.11 Å². The lowest BCUT2D eigenvalue weighted by Gasteiger charge is -2.15. The van der Waals surface area contributed by atoms with E-state index in [1.54, 1.807) is 19.1 Å². The Morgan fingerprint density at radius 1 is 1.21 bits per heavy atom. The Morgan fingerprint density at radius 3 is 2.37 bits per heavy atom. The highest BCUT2D eigenvalue weighted by atomic mass is 16.5. The van der Waals surface area contributed by atoms with Crippen molar-refractivity contribution in [2.24, 2.45) is 0 Å². The number of nitrogens with zero attached hydrogens (tertiary/aromatic N) is 1. The number of benzene rings is 1. The van der Waals surface area contributed by atoms with E-state index in [1.807, 2.05) is 24.1 Å². The van der Waals surface area contributed by atoms with Crippen LogP contribution in [-0.2, 0) is 20.8 Å². The van der Waals surface area contributed by atoms with Crippen LogP contribution in [0.3, 0.4) is 0 Å². The van der Waals surface area contributed by atoms with Gasteiger partial charge in [0.1, 0.15) is 0 Å². The first-order chi connectivity index (χ1) is 9.06. The highest BCUT2D eigenvalue weighted by Gasteiger charge is 2.09. The number of methoxy groups -OCH3 is 1. The van der Waals surface area contributed by atoms with E-state index in [0.29, 0.717) is 18.7 Å². The fourth-order valence-electron chi connectivity index (χ4n) is 1.66. The van der Waals surface area contributed by atoms with Gasteiger partial charge in [-0.05, 0) is 31.7 Å². The van der Waals surface area contributed by atoms with Crippen molar-refractivity contribution in [3.8, 4) is 0 Å². The average Bonchev–Trinajstić information content (AvgIpc) is 2.38. The number of rotatable bonds is 6. The Balaban J connectivity index is 2.53. The van der Waals surface area contributed by atoms with Crippen LogP contribution in [0.5, 0.6) is 0 Å². The van der Waals surface area contributed by atoms with Gasteiger partial charge in [0.15, 0.2) is 0 Å². The Hall–Kier alpha value is -1.88. The third-order valence-corrected chi connectivity index (χ3v) is 2.53. The molecule has 0 aliphatic heterocycles. The highest BCUT2D eigenvalue weighted by molar-refractivity contribution is 5.89. The zero-order valence-corrected chi connectivity index (χ0v) is 11.5. The zero-order valence-electron chi connectivity index (χ0n) is 11.5. The normalized spacial score (nSPS) is 10.3. The van der Waals surface area contributed by atoms with Crippen molar-refractivity contribution in [2.45, 2.75) is 13.5 Å². The van der Waals surface area contributed by atoms with Crippen LogP contribution < -0.4 is 0 Å². The Kier molecular flexibility index (Phi) is 6.02. The molecular weight excluding hydrogens is 246 g/mol. The standard InChI is InChI=1S/C14H19NO4/c1-4-19-13(16)10-15(2)9-11-5-7-12(8-6-11)14(17)18-3/h5-8H,4,9-10H2,1-3H3. The monoisotopic (exact) mass is 265 g/mol. The minimum Gasteiger partial charge on any atom is -0.465 e. The van der Waals surface area contributed by atoms with Gasteiger partial charge in [0.05, 0.1) is 25.8 Å². The van der Waals surface area contributed by atoms with E-state index in [-0.39, 0.29) is 18.5 Å². The Morgan fingerprint density at radius 2 is 1.84 bits per heavy atom. The molecule has 5 nitrogen and oxygen atoms in total. The number of likely N-dealkylation sites (N-methyl/N-ethyl adjacent to an activating group) is 1. The van der Waals surface area contributed by atoms with Crippen molar-refractivity contribution in [2.75, 3.05) is 27.3 Å². The summed E-state index contributed by atoms with van der Waals surface area (Å²) in [6.45, 7) is 3.02. The number of carbonyl (C=O) groups excluding carboxylic acids is 2. The Bertz CT molecular complexity index is 428. The van der Waals surface area contributed by atoms with E-state index < -0.39 is 0 Å². The molecule has 104 valence electrons. The molecule has 5 heteroatoms. The summed E-state index contributed by atoms with van der Waals surface area (Å²) in [5.74, 6) is -0.595. The van der Waals surface area contributed by atoms with Crippen LogP contribution in [0.1, 0.15) is 22.8 Å². The maximum atomic E-state index is 11.3. The molecule has 1 aromatic carbocycles. The molecule has 0 aromatic heterocycles. The van der Waals surface area contributed by atoms with Crippen LogP contribution in [0.25, 0.3) is 0 Å². The molecule has 0 saturated carbocycles.